The molecule has 0 aromatic carbocycles. The minimum absolute atomic E-state index is 0.178. The van der Waals surface area contributed by atoms with Crippen LogP contribution in [0.4, 0.5) is 9.59 Å². The van der Waals surface area contributed by atoms with Crippen molar-refractivity contribution in [2.24, 2.45) is 0 Å². The van der Waals surface area contributed by atoms with Crippen molar-refractivity contribution in [3.05, 3.63) is 30.6 Å². The standard InChI is InChI=1S/C18H26N6O4/c1-6-7-27-24-15-8-14(11-22(12-15)16(24)25)23-10-13(19-20-23)9-21(5)17(26)28-18(2,3)4/h6,8,10,15H,1,7,9,11-12H2,2-5H3. The quantitative estimate of drug-likeness (QED) is 0.687. The molecule has 3 rings (SSSR count). The highest BCUT2D eigenvalue weighted by Crippen LogP contribution is 2.26. The molecule has 10 nitrogen and oxygen atoms in total. The molecular formula is C18H26N6O4. The van der Waals surface area contributed by atoms with Gasteiger partial charge in [0.15, 0.2) is 0 Å². The molecule has 10 heteroatoms. The van der Waals surface area contributed by atoms with E-state index in [1.165, 1.54) is 9.96 Å². The van der Waals surface area contributed by atoms with Crippen LogP contribution >= 0.6 is 0 Å². The average molecular weight is 390 g/mol. The zero-order valence-electron chi connectivity index (χ0n) is 16.7. The van der Waals surface area contributed by atoms with Gasteiger partial charge in [-0.25, -0.2) is 14.3 Å². The maximum atomic E-state index is 12.4. The maximum absolute atomic E-state index is 12.4. The number of carbonyl (C=O) groups is 2. The SMILES string of the molecule is C=CCON1C(=O)N2CC(n3cc(CN(C)C(=O)OC(C)(C)C)nn3)=CC1C2. The Hall–Kier alpha value is -2.88. The monoisotopic (exact) mass is 390 g/mol. The maximum Gasteiger partial charge on any atom is 0.410 e. The Morgan fingerprint density at radius 1 is 1.46 bits per heavy atom. The first-order valence-electron chi connectivity index (χ1n) is 9.06. The van der Waals surface area contributed by atoms with Gasteiger partial charge in [-0.15, -0.1) is 11.7 Å². The lowest BCUT2D eigenvalue weighted by molar-refractivity contribution is -0.107. The van der Waals surface area contributed by atoms with E-state index in [1.807, 2.05) is 26.8 Å². The molecule has 0 N–H and O–H groups in total. The van der Waals surface area contributed by atoms with Crippen molar-refractivity contribution in [3.8, 4) is 0 Å². The van der Waals surface area contributed by atoms with Gasteiger partial charge in [0.1, 0.15) is 11.3 Å². The molecule has 1 saturated heterocycles. The number of nitrogens with zero attached hydrogens (tertiary/aromatic N) is 6. The largest absolute Gasteiger partial charge is 0.444 e. The van der Waals surface area contributed by atoms with Gasteiger partial charge in [-0.05, 0) is 26.8 Å². The summed E-state index contributed by atoms with van der Waals surface area (Å²) in [5, 5.41) is 9.64. The molecule has 0 saturated carbocycles. The Bertz CT molecular complexity index is 796. The van der Waals surface area contributed by atoms with Gasteiger partial charge in [0.05, 0.1) is 37.6 Å². The van der Waals surface area contributed by atoms with Gasteiger partial charge in [-0.1, -0.05) is 11.3 Å². The van der Waals surface area contributed by atoms with Gasteiger partial charge in [-0.2, -0.15) is 5.06 Å². The molecule has 3 amide bonds. The number of hydrogen-bond donors (Lipinski definition) is 0. The van der Waals surface area contributed by atoms with Gasteiger partial charge in [-0.3, -0.25) is 4.84 Å². The van der Waals surface area contributed by atoms with E-state index in [1.54, 1.807) is 28.9 Å². The van der Waals surface area contributed by atoms with Crippen LogP contribution in [0.5, 0.6) is 0 Å². The number of urea groups is 1. The van der Waals surface area contributed by atoms with Crippen LogP contribution in [-0.2, 0) is 16.1 Å². The van der Waals surface area contributed by atoms with E-state index in [4.69, 9.17) is 9.57 Å². The summed E-state index contributed by atoms with van der Waals surface area (Å²) in [7, 11) is 1.65. The second-order valence-electron chi connectivity index (χ2n) is 7.79. The molecule has 1 atom stereocenters. The minimum Gasteiger partial charge on any atom is -0.444 e. The molecule has 0 radical (unpaired) electrons. The fourth-order valence-electron chi connectivity index (χ4n) is 2.97. The average Bonchev–Trinajstić information content (AvgIpc) is 3.16. The molecule has 2 bridgehead atoms. The first-order valence-corrected chi connectivity index (χ1v) is 9.06. The molecule has 3 heterocycles. The van der Waals surface area contributed by atoms with Crippen molar-refractivity contribution in [1.29, 1.82) is 0 Å². The normalized spacial score (nSPS) is 18.9. The summed E-state index contributed by atoms with van der Waals surface area (Å²) in [6, 6.07) is -0.364. The van der Waals surface area contributed by atoms with Crippen LogP contribution in [0.25, 0.3) is 5.70 Å². The number of rotatable bonds is 6. The smallest absolute Gasteiger partial charge is 0.410 e. The molecule has 2 aliphatic rings. The summed E-state index contributed by atoms with van der Waals surface area (Å²) < 4.78 is 6.96. The molecule has 1 fully saturated rings. The Kier molecular flexibility index (Phi) is 5.41. The van der Waals surface area contributed by atoms with Crippen LogP contribution in [0, 0.1) is 0 Å². The van der Waals surface area contributed by atoms with E-state index >= 15 is 0 Å². The van der Waals surface area contributed by atoms with E-state index in [9.17, 15) is 9.59 Å². The van der Waals surface area contributed by atoms with Crippen molar-refractivity contribution in [2.75, 3.05) is 26.7 Å². The highest BCUT2D eigenvalue weighted by molar-refractivity contribution is 5.80. The van der Waals surface area contributed by atoms with Crippen LogP contribution in [-0.4, -0.2) is 80.4 Å². The first-order chi connectivity index (χ1) is 13.2. The summed E-state index contributed by atoms with van der Waals surface area (Å²) in [6.45, 7) is 10.6. The highest BCUT2D eigenvalue weighted by Gasteiger charge is 2.41. The number of amides is 3. The zero-order valence-corrected chi connectivity index (χ0v) is 16.7. The first kappa shape index (κ1) is 19.9. The Balaban J connectivity index is 1.66. The summed E-state index contributed by atoms with van der Waals surface area (Å²) in [5.41, 5.74) is 0.886. The number of carbonyl (C=O) groups excluding carboxylic acids is 2. The van der Waals surface area contributed by atoms with Gasteiger partial charge in [0.25, 0.3) is 0 Å². The van der Waals surface area contributed by atoms with Crippen LogP contribution in [0.15, 0.2) is 24.9 Å². The Morgan fingerprint density at radius 2 is 2.21 bits per heavy atom. The van der Waals surface area contributed by atoms with Crippen molar-refractivity contribution >= 4 is 17.8 Å². The summed E-state index contributed by atoms with van der Waals surface area (Å²) in [5.74, 6) is 0. The van der Waals surface area contributed by atoms with Gasteiger partial charge < -0.3 is 14.5 Å². The number of hydroxylamine groups is 2. The molecule has 1 aromatic heterocycles. The highest BCUT2D eigenvalue weighted by atomic mass is 16.7. The second-order valence-corrected chi connectivity index (χ2v) is 7.79. The third-order valence-electron chi connectivity index (χ3n) is 4.18. The zero-order chi connectivity index (χ0) is 20.5. The molecule has 0 aliphatic carbocycles. The van der Waals surface area contributed by atoms with Crippen LogP contribution in [0.3, 0.4) is 0 Å². The Morgan fingerprint density at radius 3 is 2.89 bits per heavy atom. The third-order valence-corrected chi connectivity index (χ3v) is 4.18. The molecule has 152 valence electrons. The van der Waals surface area contributed by atoms with Crippen molar-refractivity contribution in [2.45, 2.75) is 39.0 Å². The van der Waals surface area contributed by atoms with Crippen LogP contribution < -0.4 is 0 Å². The molecule has 2 aliphatic heterocycles. The number of aromatic nitrogens is 3. The third kappa shape index (κ3) is 4.33. The number of fused-ring (bicyclic) bond motifs is 2. The van der Waals surface area contributed by atoms with Gasteiger partial charge in [0.2, 0.25) is 0 Å². The molecule has 0 spiro atoms. The molecular weight excluding hydrogens is 364 g/mol. The predicted molar refractivity (Wildman–Crippen MR) is 101 cm³/mol. The lowest BCUT2D eigenvalue weighted by Crippen LogP contribution is -2.33. The van der Waals surface area contributed by atoms with Gasteiger partial charge in [0, 0.05) is 13.6 Å². The van der Waals surface area contributed by atoms with E-state index in [0.717, 1.165) is 5.70 Å². The lowest BCUT2D eigenvalue weighted by atomic mass is 10.2. The number of ether oxygens (including phenoxy) is 1. The summed E-state index contributed by atoms with van der Waals surface area (Å²) in [6.07, 6.45) is 4.86. The molecule has 1 aromatic rings. The second kappa shape index (κ2) is 7.63. The van der Waals surface area contributed by atoms with E-state index < -0.39 is 11.7 Å². The summed E-state index contributed by atoms with van der Waals surface area (Å²) >= 11 is 0. The minimum atomic E-state index is -0.560. The van der Waals surface area contributed by atoms with E-state index in [2.05, 4.69) is 16.9 Å². The van der Waals surface area contributed by atoms with Crippen molar-refractivity contribution in [3.63, 3.8) is 0 Å². The Labute approximate surface area is 163 Å². The molecule has 1 unspecified atom stereocenters. The lowest BCUT2D eigenvalue weighted by Gasteiger charge is -2.24. The topological polar surface area (TPSA) is 93.0 Å². The van der Waals surface area contributed by atoms with Gasteiger partial charge >= 0.3 is 12.1 Å². The fourth-order valence-corrected chi connectivity index (χ4v) is 2.97. The number of hydrogen-bond acceptors (Lipinski definition) is 6. The van der Waals surface area contributed by atoms with Crippen molar-refractivity contribution in [1.82, 2.24) is 29.9 Å². The van der Waals surface area contributed by atoms with Crippen LogP contribution in [0.2, 0.25) is 0 Å². The molecule has 28 heavy (non-hydrogen) atoms. The fraction of sp³-hybridized carbons (Fsp3) is 0.556. The van der Waals surface area contributed by atoms with Crippen LogP contribution in [0.1, 0.15) is 26.5 Å². The van der Waals surface area contributed by atoms with Crippen molar-refractivity contribution < 1.29 is 19.2 Å². The summed E-state index contributed by atoms with van der Waals surface area (Å²) in [4.78, 5) is 33.1. The predicted octanol–water partition coefficient (Wildman–Crippen LogP) is 1.72. The van der Waals surface area contributed by atoms with E-state index in [-0.39, 0.29) is 25.2 Å². The van der Waals surface area contributed by atoms with E-state index in [0.29, 0.717) is 18.8 Å².